The zero-order valence-corrected chi connectivity index (χ0v) is 17.0. The fraction of sp³-hybridized carbons (Fsp3) is 0.167. The Morgan fingerprint density at radius 3 is 2.93 bits per heavy atom. The monoisotopic (exact) mass is 420 g/mol. The van der Waals surface area contributed by atoms with Crippen LogP contribution in [0.5, 0.6) is 11.5 Å². The van der Waals surface area contributed by atoms with Crippen molar-refractivity contribution < 1.29 is 14.6 Å². The molecule has 1 unspecified atom stereocenters. The molecule has 4 rings (SSSR count). The van der Waals surface area contributed by atoms with Gasteiger partial charge < -0.3 is 15.2 Å². The maximum absolute atomic E-state index is 11.3. The molecule has 2 aromatic carbocycles. The molecular formula is C24H21ClN2O3. The van der Waals surface area contributed by atoms with Crippen molar-refractivity contribution in [3.8, 4) is 11.5 Å². The second-order valence-corrected chi connectivity index (χ2v) is 7.53. The van der Waals surface area contributed by atoms with Gasteiger partial charge in [-0.3, -0.25) is 4.98 Å². The van der Waals surface area contributed by atoms with Crippen LogP contribution in [0.1, 0.15) is 40.2 Å². The largest absolute Gasteiger partial charge is 0.478 e. The fourth-order valence-electron chi connectivity index (χ4n) is 3.70. The van der Waals surface area contributed by atoms with Gasteiger partial charge in [0.05, 0.1) is 22.5 Å². The van der Waals surface area contributed by atoms with E-state index in [0.29, 0.717) is 16.5 Å². The van der Waals surface area contributed by atoms with Gasteiger partial charge in [-0.25, -0.2) is 4.79 Å². The minimum absolute atomic E-state index is 0.194. The normalized spacial score (nSPS) is 15.6. The predicted octanol–water partition coefficient (Wildman–Crippen LogP) is 6.27. The number of rotatable bonds is 6. The molecule has 1 atom stereocenters. The van der Waals surface area contributed by atoms with Gasteiger partial charge in [0.2, 0.25) is 0 Å². The number of anilines is 1. The number of benzene rings is 2. The van der Waals surface area contributed by atoms with Crippen molar-refractivity contribution in [3.05, 3.63) is 94.9 Å². The number of allylic oxidation sites excluding steroid dienone is 1. The minimum atomic E-state index is -0.984. The molecule has 30 heavy (non-hydrogen) atoms. The summed E-state index contributed by atoms with van der Waals surface area (Å²) in [6, 6.07) is 15.0. The van der Waals surface area contributed by atoms with Gasteiger partial charge in [0, 0.05) is 12.1 Å². The number of pyridine rings is 1. The van der Waals surface area contributed by atoms with Crippen molar-refractivity contribution in [1.82, 2.24) is 4.98 Å². The third-order valence-electron chi connectivity index (χ3n) is 5.16. The third-order valence-corrected chi connectivity index (χ3v) is 5.47. The van der Waals surface area contributed by atoms with Crippen LogP contribution >= 0.6 is 11.6 Å². The van der Waals surface area contributed by atoms with Crippen molar-refractivity contribution in [2.24, 2.45) is 0 Å². The Bertz CT molecular complexity index is 1100. The topological polar surface area (TPSA) is 71.5 Å². The molecule has 0 saturated heterocycles. The number of hydrogen-bond donors (Lipinski definition) is 2. The Labute approximate surface area is 180 Å². The van der Waals surface area contributed by atoms with Crippen LogP contribution in [0.25, 0.3) is 0 Å². The molecule has 1 aromatic heterocycles. The number of aryl methyl sites for hydroxylation is 1. The van der Waals surface area contributed by atoms with Crippen LogP contribution in [0.15, 0.2) is 73.2 Å². The third kappa shape index (κ3) is 4.47. The lowest BCUT2D eigenvalue weighted by atomic mass is 9.83. The number of ether oxygens (including phenoxy) is 1. The van der Waals surface area contributed by atoms with E-state index in [1.54, 1.807) is 12.3 Å². The van der Waals surface area contributed by atoms with E-state index in [0.717, 1.165) is 25.0 Å². The molecule has 152 valence electrons. The summed E-state index contributed by atoms with van der Waals surface area (Å²) in [7, 11) is 0. The van der Waals surface area contributed by atoms with Crippen molar-refractivity contribution in [2.45, 2.75) is 25.2 Å². The van der Waals surface area contributed by atoms with Crippen LogP contribution < -0.4 is 10.1 Å². The van der Waals surface area contributed by atoms with Crippen LogP contribution in [-0.4, -0.2) is 16.1 Å². The second kappa shape index (κ2) is 9.01. The molecule has 0 fully saturated rings. The standard InChI is InChI=1S/C24H21ClN2O3/c25-21-6-1-2-7-23(21)30-18-8-9-19-16(4-3-5-17(19)14-18)10-13-27-22-15-26-12-11-20(22)24(28)29/h1-2,6-16,27H,3-5H2,(H,28,29)/b13-10+. The number of para-hydroxylation sites is 1. The number of nitrogens with one attached hydrogen (secondary N) is 1. The molecule has 0 radical (unpaired) electrons. The first kappa shape index (κ1) is 20.0. The summed E-state index contributed by atoms with van der Waals surface area (Å²) in [6.45, 7) is 0. The maximum Gasteiger partial charge on any atom is 0.337 e. The van der Waals surface area contributed by atoms with Crippen LogP contribution in [0.3, 0.4) is 0 Å². The summed E-state index contributed by atoms with van der Waals surface area (Å²) in [5.41, 5.74) is 3.18. The molecule has 0 saturated carbocycles. The number of carboxylic acids is 1. The van der Waals surface area contributed by atoms with Gasteiger partial charge in [0.15, 0.2) is 0 Å². The minimum Gasteiger partial charge on any atom is -0.478 e. The first-order chi connectivity index (χ1) is 14.6. The van der Waals surface area contributed by atoms with Crippen molar-refractivity contribution in [1.29, 1.82) is 0 Å². The molecule has 1 aliphatic carbocycles. The number of aromatic nitrogens is 1. The van der Waals surface area contributed by atoms with Gasteiger partial charge in [-0.1, -0.05) is 35.9 Å². The second-order valence-electron chi connectivity index (χ2n) is 7.12. The highest BCUT2D eigenvalue weighted by Crippen LogP contribution is 2.36. The molecule has 3 aromatic rings. The van der Waals surface area contributed by atoms with E-state index in [1.807, 2.05) is 24.3 Å². The number of hydrogen-bond acceptors (Lipinski definition) is 4. The number of carboxylic acid groups (broad SMARTS) is 1. The lowest BCUT2D eigenvalue weighted by molar-refractivity contribution is 0.0698. The first-order valence-electron chi connectivity index (χ1n) is 9.77. The van der Waals surface area contributed by atoms with E-state index in [4.69, 9.17) is 16.3 Å². The van der Waals surface area contributed by atoms with E-state index in [2.05, 4.69) is 28.5 Å². The average Bonchev–Trinajstić information content (AvgIpc) is 2.75. The molecule has 1 heterocycles. The SMILES string of the molecule is O=C(O)c1ccncc1N/C=C/C1CCCc2cc(Oc3ccccc3Cl)ccc21. The summed E-state index contributed by atoms with van der Waals surface area (Å²) in [6.07, 6.45) is 9.97. The predicted molar refractivity (Wildman–Crippen MR) is 118 cm³/mol. The van der Waals surface area contributed by atoms with Crippen LogP contribution in [0.4, 0.5) is 5.69 Å². The van der Waals surface area contributed by atoms with Gasteiger partial charge in [-0.2, -0.15) is 0 Å². The van der Waals surface area contributed by atoms with Gasteiger partial charge >= 0.3 is 5.97 Å². The number of halogens is 1. The Morgan fingerprint density at radius 1 is 1.23 bits per heavy atom. The molecule has 6 heteroatoms. The zero-order chi connectivity index (χ0) is 20.9. The Kier molecular flexibility index (Phi) is 6.00. The molecule has 0 bridgehead atoms. The van der Waals surface area contributed by atoms with E-state index in [1.165, 1.54) is 29.6 Å². The number of nitrogens with zero attached hydrogens (tertiary/aromatic N) is 1. The summed E-state index contributed by atoms with van der Waals surface area (Å²) in [4.78, 5) is 15.3. The fourth-order valence-corrected chi connectivity index (χ4v) is 3.87. The highest BCUT2D eigenvalue weighted by atomic mass is 35.5. The van der Waals surface area contributed by atoms with Crippen molar-refractivity contribution in [2.75, 3.05) is 5.32 Å². The average molecular weight is 421 g/mol. The quantitative estimate of drug-likeness (QED) is 0.491. The Hall–Kier alpha value is -3.31. The summed E-state index contributed by atoms with van der Waals surface area (Å²) in [5, 5.41) is 12.9. The molecule has 0 spiro atoms. The lowest BCUT2D eigenvalue weighted by Gasteiger charge is -2.24. The molecule has 2 N–H and O–H groups in total. The summed E-state index contributed by atoms with van der Waals surface area (Å²) in [5.74, 6) is 0.676. The molecule has 5 nitrogen and oxygen atoms in total. The van der Waals surface area contributed by atoms with Crippen molar-refractivity contribution >= 4 is 23.3 Å². The van der Waals surface area contributed by atoms with Crippen LogP contribution in [0, 0.1) is 0 Å². The summed E-state index contributed by atoms with van der Waals surface area (Å²) < 4.78 is 5.96. The van der Waals surface area contributed by atoms with E-state index >= 15 is 0 Å². The number of fused-ring (bicyclic) bond motifs is 1. The van der Waals surface area contributed by atoms with Crippen molar-refractivity contribution in [3.63, 3.8) is 0 Å². The number of carbonyl (C=O) groups is 1. The summed E-state index contributed by atoms with van der Waals surface area (Å²) >= 11 is 6.20. The highest BCUT2D eigenvalue weighted by Gasteiger charge is 2.19. The lowest BCUT2D eigenvalue weighted by Crippen LogP contribution is -2.09. The van der Waals surface area contributed by atoms with E-state index < -0.39 is 5.97 Å². The zero-order valence-electron chi connectivity index (χ0n) is 16.2. The molecule has 1 aliphatic rings. The first-order valence-corrected chi connectivity index (χ1v) is 10.2. The van der Waals surface area contributed by atoms with Gasteiger partial charge in [0.1, 0.15) is 11.5 Å². The number of aromatic carboxylic acids is 1. The van der Waals surface area contributed by atoms with E-state index in [-0.39, 0.29) is 11.5 Å². The van der Waals surface area contributed by atoms with Gasteiger partial charge in [-0.05, 0) is 66.9 Å². The highest BCUT2D eigenvalue weighted by molar-refractivity contribution is 6.32. The van der Waals surface area contributed by atoms with Gasteiger partial charge in [0.25, 0.3) is 0 Å². The van der Waals surface area contributed by atoms with Crippen LogP contribution in [-0.2, 0) is 6.42 Å². The van der Waals surface area contributed by atoms with E-state index in [9.17, 15) is 9.90 Å². The molecular weight excluding hydrogens is 400 g/mol. The maximum atomic E-state index is 11.3. The van der Waals surface area contributed by atoms with Gasteiger partial charge in [-0.15, -0.1) is 0 Å². The smallest absolute Gasteiger partial charge is 0.337 e. The van der Waals surface area contributed by atoms with Crippen LogP contribution in [0.2, 0.25) is 5.02 Å². The molecule has 0 aliphatic heterocycles. The molecule has 0 amide bonds. The Balaban J connectivity index is 1.50. The Morgan fingerprint density at radius 2 is 2.10 bits per heavy atom.